The van der Waals surface area contributed by atoms with Gasteiger partial charge < -0.3 is 9.13 Å². The topological polar surface area (TPSA) is 9.86 Å². The smallest absolute Gasteiger partial charge is 0.0541 e. The first-order valence-corrected chi connectivity index (χ1v) is 21.4. The van der Waals surface area contributed by atoms with Crippen LogP contribution in [0.3, 0.4) is 0 Å². The summed E-state index contributed by atoms with van der Waals surface area (Å²) in [6.45, 7) is 0. The zero-order valence-corrected chi connectivity index (χ0v) is 32.8. The Hall–Kier alpha value is -6.98. The highest BCUT2D eigenvalue weighted by Gasteiger charge is 2.19. The fraction of sp³-hybridized carbons (Fsp3) is 0. The molecule has 2 nitrogen and oxygen atoms in total. The SMILES string of the molecule is c1ccc(-c2ccc3c(c2)c2cc(-c4ccc5sc6ccc7sc8ccc(-n9c%10ccccc%10c%10ccccc%109)cc8c7c6c5c4)ccc2n3-c2ccccc2)cc1. The molecule has 4 heterocycles. The third-order valence-electron chi connectivity index (χ3n) is 12.1. The van der Waals surface area contributed by atoms with E-state index >= 15 is 0 Å². The van der Waals surface area contributed by atoms with E-state index in [2.05, 4.69) is 203 Å². The normalized spacial score (nSPS) is 12.1. The number of thiophene rings is 2. The van der Waals surface area contributed by atoms with Gasteiger partial charge in [0.2, 0.25) is 0 Å². The van der Waals surface area contributed by atoms with Crippen LogP contribution in [0.4, 0.5) is 0 Å². The molecule has 0 amide bonds. The molecule has 9 aromatic carbocycles. The summed E-state index contributed by atoms with van der Waals surface area (Å²) in [6, 6.07) is 71.8. The molecule has 0 bridgehead atoms. The van der Waals surface area contributed by atoms with E-state index in [-0.39, 0.29) is 0 Å². The molecule has 0 fully saturated rings. The number of fused-ring (bicyclic) bond motifs is 13. The molecule has 0 N–H and O–H groups in total. The lowest BCUT2D eigenvalue weighted by Gasteiger charge is -2.09. The molecule has 0 aliphatic rings. The number of aromatic nitrogens is 2. The van der Waals surface area contributed by atoms with Gasteiger partial charge in [-0.3, -0.25) is 0 Å². The van der Waals surface area contributed by atoms with E-state index in [0.717, 1.165) is 0 Å². The Bertz CT molecular complexity index is 3730. The number of hydrogen-bond acceptors (Lipinski definition) is 2. The van der Waals surface area contributed by atoms with Gasteiger partial charge in [-0.1, -0.05) is 103 Å². The second kappa shape index (κ2) is 12.3. The summed E-state index contributed by atoms with van der Waals surface area (Å²) in [7, 11) is 0. The number of nitrogens with zero attached hydrogens (tertiary/aromatic N) is 2. The van der Waals surface area contributed by atoms with Gasteiger partial charge in [-0.15, -0.1) is 22.7 Å². The summed E-state index contributed by atoms with van der Waals surface area (Å²) in [5.74, 6) is 0. The minimum Gasteiger partial charge on any atom is -0.309 e. The molecule has 0 unspecified atom stereocenters. The fourth-order valence-corrected chi connectivity index (χ4v) is 11.7. The highest BCUT2D eigenvalue weighted by Crippen LogP contribution is 2.47. The summed E-state index contributed by atoms with van der Waals surface area (Å²) in [5, 5.41) is 10.4. The Labute approximate surface area is 341 Å². The molecule has 0 atom stereocenters. The number of rotatable bonds is 4. The second-order valence-corrected chi connectivity index (χ2v) is 17.4. The van der Waals surface area contributed by atoms with Gasteiger partial charge in [0.15, 0.2) is 0 Å². The third-order valence-corrected chi connectivity index (χ3v) is 14.4. The first kappa shape index (κ1) is 32.1. The molecule has 0 radical (unpaired) electrons. The average Bonchev–Trinajstić information content (AvgIpc) is 4.03. The van der Waals surface area contributed by atoms with Crippen LogP contribution < -0.4 is 0 Å². The molecule has 58 heavy (non-hydrogen) atoms. The van der Waals surface area contributed by atoms with E-state index in [1.165, 1.54) is 118 Å². The van der Waals surface area contributed by atoms with E-state index < -0.39 is 0 Å². The third kappa shape index (κ3) is 4.64. The highest BCUT2D eigenvalue weighted by molar-refractivity contribution is 7.28. The van der Waals surface area contributed by atoms with Gasteiger partial charge in [0, 0.05) is 73.3 Å². The lowest BCUT2D eigenvalue weighted by atomic mass is 9.98. The Kier molecular flexibility index (Phi) is 6.79. The average molecular weight is 773 g/mol. The number of hydrogen-bond donors (Lipinski definition) is 0. The summed E-state index contributed by atoms with van der Waals surface area (Å²) < 4.78 is 10.1. The Morgan fingerprint density at radius 3 is 1.31 bits per heavy atom. The molecule has 4 aromatic heterocycles. The van der Waals surface area contributed by atoms with Crippen LogP contribution in [0.1, 0.15) is 0 Å². The zero-order valence-electron chi connectivity index (χ0n) is 31.2. The maximum atomic E-state index is 2.45. The van der Waals surface area contributed by atoms with Crippen molar-refractivity contribution < 1.29 is 0 Å². The van der Waals surface area contributed by atoms with Crippen molar-refractivity contribution in [2.24, 2.45) is 0 Å². The van der Waals surface area contributed by atoms with Gasteiger partial charge in [0.1, 0.15) is 0 Å². The van der Waals surface area contributed by atoms with E-state index in [9.17, 15) is 0 Å². The van der Waals surface area contributed by atoms with E-state index in [0.29, 0.717) is 0 Å². The predicted octanol–water partition coefficient (Wildman–Crippen LogP) is 16.0. The van der Waals surface area contributed by atoms with Crippen LogP contribution in [-0.4, -0.2) is 9.13 Å². The minimum absolute atomic E-state index is 1.17. The quantitative estimate of drug-likeness (QED) is 0.169. The van der Waals surface area contributed by atoms with Crippen LogP contribution >= 0.6 is 22.7 Å². The molecular weight excluding hydrogens is 741 g/mol. The summed E-state index contributed by atoms with van der Waals surface area (Å²) >= 11 is 3.80. The molecule has 0 spiro atoms. The molecule has 13 rings (SSSR count). The lowest BCUT2D eigenvalue weighted by Crippen LogP contribution is -1.93. The molecule has 270 valence electrons. The predicted molar refractivity (Wildman–Crippen MR) is 252 cm³/mol. The van der Waals surface area contributed by atoms with Gasteiger partial charge in [-0.05, 0) is 113 Å². The first-order chi connectivity index (χ1) is 28.7. The monoisotopic (exact) mass is 772 g/mol. The maximum Gasteiger partial charge on any atom is 0.0541 e. The molecule has 13 aromatic rings. The Balaban J connectivity index is 1.02. The van der Waals surface area contributed by atoms with Gasteiger partial charge in [-0.25, -0.2) is 0 Å². The van der Waals surface area contributed by atoms with Gasteiger partial charge in [-0.2, -0.15) is 0 Å². The van der Waals surface area contributed by atoms with Crippen LogP contribution in [0.5, 0.6) is 0 Å². The van der Waals surface area contributed by atoms with E-state index in [1.807, 2.05) is 22.7 Å². The molecule has 0 aliphatic heterocycles. The van der Waals surface area contributed by atoms with Crippen molar-refractivity contribution in [2.75, 3.05) is 0 Å². The second-order valence-electron chi connectivity index (χ2n) is 15.3. The molecular formula is C54H32N2S2. The van der Waals surface area contributed by atoms with Crippen molar-refractivity contribution in [3.8, 4) is 33.6 Å². The molecule has 0 aliphatic carbocycles. The Morgan fingerprint density at radius 1 is 0.259 bits per heavy atom. The van der Waals surface area contributed by atoms with Crippen LogP contribution in [0.15, 0.2) is 194 Å². The lowest BCUT2D eigenvalue weighted by molar-refractivity contribution is 1.18. The molecule has 0 saturated carbocycles. The summed E-state index contributed by atoms with van der Waals surface area (Å²) in [5.41, 5.74) is 12.2. The maximum absolute atomic E-state index is 2.45. The largest absolute Gasteiger partial charge is 0.309 e. The van der Waals surface area contributed by atoms with Crippen molar-refractivity contribution in [1.82, 2.24) is 9.13 Å². The van der Waals surface area contributed by atoms with E-state index in [4.69, 9.17) is 0 Å². The van der Waals surface area contributed by atoms with Crippen molar-refractivity contribution in [3.05, 3.63) is 194 Å². The fourth-order valence-electron chi connectivity index (χ4n) is 9.51. The Morgan fingerprint density at radius 2 is 0.690 bits per heavy atom. The van der Waals surface area contributed by atoms with Gasteiger partial charge >= 0.3 is 0 Å². The van der Waals surface area contributed by atoms with Gasteiger partial charge in [0.05, 0.1) is 22.1 Å². The summed E-state index contributed by atoms with van der Waals surface area (Å²) in [6.07, 6.45) is 0. The first-order valence-electron chi connectivity index (χ1n) is 19.7. The van der Waals surface area contributed by atoms with Crippen molar-refractivity contribution >= 4 is 107 Å². The van der Waals surface area contributed by atoms with Crippen LogP contribution in [0.25, 0.3) is 118 Å². The van der Waals surface area contributed by atoms with Crippen molar-refractivity contribution in [1.29, 1.82) is 0 Å². The molecule has 0 saturated heterocycles. The number of benzene rings is 9. The summed E-state index contributed by atoms with van der Waals surface area (Å²) in [4.78, 5) is 0. The minimum atomic E-state index is 1.17. The standard InChI is InChI=1S/C54H32N2S2/c1-3-11-33(12-4-1)34-19-23-47-41(29-34)42-30-35(20-24-48(42)55(47)37-13-5-2-6-14-37)36-21-25-49-43(31-36)53-51(57-49)27-28-52-54(53)44-32-38(22-26-50(44)58-52)56-45-17-9-7-15-39(45)40-16-8-10-18-46(40)56/h1-32H. The number of para-hydroxylation sites is 3. The molecule has 4 heteroatoms. The highest BCUT2D eigenvalue weighted by atomic mass is 32.1. The van der Waals surface area contributed by atoms with Crippen LogP contribution in [0, 0.1) is 0 Å². The zero-order chi connectivity index (χ0) is 37.9. The van der Waals surface area contributed by atoms with Gasteiger partial charge in [0.25, 0.3) is 0 Å². The van der Waals surface area contributed by atoms with Crippen molar-refractivity contribution in [2.45, 2.75) is 0 Å². The van der Waals surface area contributed by atoms with E-state index in [1.54, 1.807) is 0 Å². The van der Waals surface area contributed by atoms with Crippen LogP contribution in [0.2, 0.25) is 0 Å². The van der Waals surface area contributed by atoms with Crippen LogP contribution in [-0.2, 0) is 0 Å². The van der Waals surface area contributed by atoms with Crippen molar-refractivity contribution in [3.63, 3.8) is 0 Å².